The van der Waals surface area contributed by atoms with Crippen molar-refractivity contribution in [2.45, 2.75) is 0 Å². The Morgan fingerprint density at radius 3 is 0.723 bits per heavy atom. The Morgan fingerprint density at radius 1 is 0.0982 bits per heavy atom. The van der Waals surface area contributed by atoms with E-state index >= 15 is 0 Å². The lowest BCUT2D eigenvalue weighted by atomic mass is 9.94. The summed E-state index contributed by atoms with van der Waals surface area (Å²) in [5, 5.41) is 25.5. The van der Waals surface area contributed by atoms with Crippen LogP contribution in [0.1, 0.15) is 0 Å². The molecular weight excluding hydrogens is 1350 g/mol. The third-order valence-electron chi connectivity index (χ3n) is 23.7. The maximum Gasteiger partial charge on any atom is 0.0547 e. The van der Waals surface area contributed by atoms with Crippen molar-refractivity contribution in [3.05, 3.63) is 413 Å². The Labute approximate surface area is 645 Å². The summed E-state index contributed by atoms with van der Waals surface area (Å²) in [6, 6.07) is 152. The maximum atomic E-state index is 2.46. The van der Waals surface area contributed by atoms with Gasteiger partial charge in [-0.15, -0.1) is 0 Å². The molecule has 4 nitrogen and oxygen atoms in total. The van der Waals surface area contributed by atoms with Gasteiger partial charge in [0, 0.05) is 65.8 Å². The summed E-state index contributed by atoms with van der Waals surface area (Å²) in [6.45, 7) is 0. The van der Waals surface area contributed by atoms with Crippen LogP contribution in [0.25, 0.3) is 219 Å². The first-order valence-corrected chi connectivity index (χ1v) is 38.7. The number of fused-ring (bicyclic) bond motifs is 24. The third-order valence-corrected chi connectivity index (χ3v) is 23.7. The zero-order valence-corrected chi connectivity index (χ0v) is 61.0. The second kappa shape index (κ2) is 25.4. The van der Waals surface area contributed by atoms with Crippen LogP contribution in [0.3, 0.4) is 0 Å². The average molecular weight is 1420 g/mol. The summed E-state index contributed by atoms with van der Waals surface area (Å²) in [5.74, 6) is 0. The monoisotopic (exact) mass is 1420 g/mol. The summed E-state index contributed by atoms with van der Waals surface area (Å²) < 4.78 is 9.74. The van der Waals surface area contributed by atoms with E-state index in [-0.39, 0.29) is 0 Å². The van der Waals surface area contributed by atoms with Crippen LogP contribution in [0.15, 0.2) is 413 Å². The number of rotatable bonds is 8. The predicted octanol–water partition coefficient (Wildman–Crippen LogP) is 29.3. The number of hydrogen-bond donors (Lipinski definition) is 0. The molecular formula is C108H68N4. The number of nitrogens with zero attached hydrogens (tertiary/aromatic N) is 4. The molecule has 4 aromatic heterocycles. The fourth-order valence-corrected chi connectivity index (χ4v) is 18.7. The highest BCUT2D eigenvalue weighted by Crippen LogP contribution is 2.45. The zero-order valence-electron chi connectivity index (χ0n) is 61.0. The third kappa shape index (κ3) is 9.95. The molecule has 520 valence electrons. The number of hydrogen-bond acceptors (Lipinski definition) is 0. The van der Waals surface area contributed by atoms with Crippen LogP contribution in [0.4, 0.5) is 0 Å². The van der Waals surface area contributed by atoms with Crippen LogP contribution in [0.2, 0.25) is 0 Å². The second-order valence-electron chi connectivity index (χ2n) is 29.8. The Bertz CT molecular complexity index is 7860. The normalized spacial score (nSPS) is 11.9. The van der Waals surface area contributed by atoms with Gasteiger partial charge in [-0.05, 0) is 224 Å². The van der Waals surface area contributed by atoms with E-state index in [1.165, 1.54) is 208 Å². The molecule has 0 saturated heterocycles. The number of aromatic nitrogens is 4. The predicted molar refractivity (Wildman–Crippen MR) is 477 cm³/mol. The molecule has 0 N–H and O–H groups in total. The molecule has 112 heavy (non-hydrogen) atoms. The summed E-state index contributed by atoms with van der Waals surface area (Å²) >= 11 is 0. The van der Waals surface area contributed by atoms with Crippen LogP contribution >= 0.6 is 0 Å². The minimum absolute atomic E-state index is 1.14. The smallest absolute Gasteiger partial charge is 0.0547 e. The van der Waals surface area contributed by atoms with E-state index in [1.807, 2.05) is 0 Å². The SMILES string of the molecule is c1ccc(-c2cc(-c3ccccc3)cc(-n3c4ccccc4c4ccc(-c5ccc6c(c5)c5ccccc5n6-c5ccc6c7ccccc7c7ccccc7c6c5)cc43)c2)cc1.c1ccc(-n2c3ccccc3c3ccc(-c4ccc5c(c4)c4ccccc4n5-c4ccc5c6ccccc6c6ccccc6c5c4)cc32)cc1. The summed E-state index contributed by atoms with van der Waals surface area (Å²) in [6.07, 6.45) is 0. The summed E-state index contributed by atoms with van der Waals surface area (Å²) in [5.41, 5.74) is 23.9. The lowest BCUT2D eigenvalue weighted by molar-refractivity contribution is 1.18. The highest BCUT2D eigenvalue weighted by molar-refractivity contribution is 6.27. The van der Waals surface area contributed by atoms with Gasteiger partial charge in [0.05, 0.1) is 44.1 Å². The van der Waals surface area contributed by atoms with Crippen molar-refractivity contribution in [1.29, 1.82) is 0 Å². The second-order valence-corrected chi connectivity index (χ2v) is 29.8. The quantitative estimate of drug-likeness (QED) is 0.135. The van der Waals surface area contributed by atoms with Gasteiger partial charge in [0.25, 0.3) is 0 Å². The molecule has 20 aromatic carbocycles. The van der Waals surface area contributed by atoms with Gasteiger partial charge in [0.2, 0.25) is 0 Å². The highest BCUT2D eigenvalue weighted by atomic mass is 15.0. The molecule has 0 fully saturated rings. The van der Waals surface area contributed by atoms with E-state index in [2.05, 4.69) is 431 Å². The lowest BCUT2D eigenvalue weighted by Crippen LogP contribution is -1.96. The first-order valence-electron chi connectivity index (χ1n) is 38.7. The van der Waals surface area contributed by atoms with Gasteiger partial charge in [0.15, 0.2) is 0 Å². The molecule has 0 atom stereocenters. The van der Waals surface area contributed by atoms with E-state index < -0.39 is 0 Å². The molecule has 0 spiro atoms. The van der Waals surface area contributed by atoms with E-state index in [1.54, 1.807) is 0 Å². The van der Waals surface area contributed by atoms with Crippen molar-refractivity contribution in [2.24, 2.45) is 0 Å². The minimum atomic E-state index is 1.14. The molecule has 4 heterocycles. The summed E-state index contributed by atoms with van der Waals surface area (Å²) in [7, 11) is 0. The maximum absolute atomic E-state index is 2.46. The fourth-order valence-electron chi connectivity index (χ4n) is 18.7. The number of benzene rings is 20. The van der Waals surface area contributed by atoms with Crippen molar-refractivity contribution in [3.8, 4) is 67.3 Å². The van der Waals surface area contributed by atoms with Crippen LogP contribution in [0.5, 0.6) is 0 Å². The van der Waals surface area contributed by atoms with E-state index in [0.717, 1.165) is 11.4 Å². The fraction of sp³-hybridized carbons (Fsp3) is 0. The molecule has 0 bridgehead atoms. The molecule has 0 aliphatic rings. The van der Waals surface area contributed by atoms with Crippen molar-refractivity contribution in [3.63, 3.8) is 0 Å². The van der Waals surface area contributed by atoms with Gasteiger partial charge in [-0.2, -0.15) is 0 Å². The Morgan fingerprint density at radius 2 is 0.348 bits per heavy atom. The van der Waals surface area contributed by atoms with Crippen molar-refractivity contribution < 1.29 is 0 Å². The highest BCUT2D eigenvalue weighted by Gasteiger charge is 2.22. The molecule has 0 aliphatic heterocycles. The molecule has 24 aromatic rings. The standard InChI is InChI=1S/C60H38N2.C48H30N2/c1-3-15-39(16-4-1)43-33-44(40-17-5-2-6-18-40)35-46(34-43)62-57-25-13-11-23-52(57)54-30-27-42(37-60(54)62)41-28-32-59-56(36-41)53-24-12-14-26-58(53)61(59)45-29-31-51-49-21-8-7-19-47(49)48-20-9-10-22-50(48)55(51)38-45;1-2-12-33(13-3-1)49-45-20-10-8-18-40(45)42-25-22-32(29-48(42)49)31-23-27-47-44(28-31)41-19-9-11-21-46(41)50(47)34-24-26-39-37-16-5-4-14-35(37)36-15-6-7-17-38(36)43(39)30-34/h1-38H;1-30H. The van der Waals surface area contributed by atoms with E-state index in [0.29, 0.717) is 0 Å². The molecule has 24 rings (SSSR count). The lowest BCUT2D eigenvalue weighted by Gasteiger charge is -2.14. The van der Waals surface area contributed by atoms with Gasteiger partial charge < -0.3 is 18.3 Å². The van der Waals surface area contributed by atoms with Gasteiger partial charge in [0.1, 0.15) is 0 Å². The van der Waals surface area contributed by atoms with Crippen molar-refractivity contribution in [2.75, 3.05) is 0 Å². The first kappa shape index (κ1) is 63.3. The molecule has 4 heteroatoms. The topological polar surface area (TPSA) is 19.7 Å². The Hall–Kier alpha value is -14.8. The van der Waals surface area contributed by atoms with Crippen LogP contribution in [0, 0.1) is 0 Å². The number of para-hydroxylation sites is 5. The van der Waals surface area contributed by atoms with Crippen molar-refractivity contribution >= 4 is 152 Å². The first-order chi connectivity index (χ1) is 55.6. The summed E-state index contributed by atoms with van der Waals surface area (Å²) in [4.78, 5) is 0. The van der Waals surface area contributed by atoms with Crippen LogP contribution in [-0.4, -0.2) is 18.3 Å². The molecule has 0 saturated carbocycles. The van der Waals surface area contributed by atoms with Gasteiger partial charge in [-0.25, -0.2) is 0 Å². The molecule has 0 unspecified atom stereocenters. The average Bonchev–Trinajstić information content (AvgIpc) is 1.71. The van der Waals surface area contributed by atoms with Gasteiger partial charge >= 0.3 is 0 Å². The van der Waals surface area contributed by atoms with Crippen LogP contribution in [-0.2, 0) is 0 Å². The van der Waals surface area contributed by atoms with Gasteiger partial charge in [-0.3, -0.25) is 0 Å². The zero-order chi connectivity index (χ0) is 73.5. The van der Waals surface area contributed by atoms with Crippen molar-refractivity contribution in [1.82, 2.24) is 18.3 Å². The minimum Gasteiger partial charge on any atom is -0.309 e. The molecule has 0 amide bonds. The van der Waals surface area contributed by atoms with E-state index in [9.17, 15) is 0 Å². The Kier molecular flexibility index (Phi) is 14.3. The molecule has 0 aliphatic carbocycles. The Balaban J connectivity index is 0.000000137. The largest absolute Gasteiger partial charge is 0.309 e. The molecule has 0 radical (unpaired) electrons. The van der Waals surface area contributed by atoms with E-state index in [4.69, 9.17) is 0 Å². The van der Waals surface area contributed by atoms with Crippen LogP contribution < -0.4 is 0 Å². The van der Waals surface area contributed by atoms with Gasteiger partial charge in [-0.1, -0.05) is 297 Å².